The number of nitrogens with one attached hydrogen (secondary N) is 1. The van der Waals surface area contributed by atoms with Crippen molar-refractivity contribution in [2.45, 2.75) is 31.3 Å². The Balaban J connectivity index is 1.54. The van der Waals surface area contributed by atoms with Gasteiger partial charge in [-0.25, -0.2) is 8.42 Å². The standard InChI is InChI=1S/C21H27N3O3S/c1-17-8-10-20(11-9-17)28(26,27)24-14-12-23(13-15-24)18(2)21(25)22-16-19-6-4-3-5-7-19/h3-11,18H,12-16H2,1-2H3,(H,22,25)/t18-/m0/s1. The first-order chi connectivity index (χ1) is 13.4. The van der Waals surface area contributed by atoms with Gasteiger partial charge in [0.05, 0.1) is 10.9 Å². The number of nitrogens with zero attached hydrogens (tertiary/aromatic N) is 2. The SMILES string of the molecule is Cc1ccc(S(=O)(=O)N2CCN([C@@H](C)C(=O)NCc3ccccc3)CC2)cc1. The van der Waals surface area contributed by atoms with Crippen LogP contribution in [0.3, 0.4) is 0 Å². The molecule has 2 aromatic rings. The number of carbonyl (C=O) groups is 1. The smallest absolute Gasteiger partial charge is 0.243 e. The highest BCUT2D eigenvalue weighted by atomic mass is 32.2. The van der Waals surface area contributed by atoms with E-state index in [1.54, 1.807) is 12.1 Å². The van der Waals surface area contributed by atoms with Gasteiger partial charge in [0.25, 0.3) is 0 Å². The van der Waals surface area contributed by atoms with E-state index in [9.17, 15) is 13.2 Å². The molecule has 0 radical (unpaired) electrons. The first-order valence-corrected chi connectivity index (χ1v) is 10.9. The number of benzene rings is 2. The minimum atomic E-state index is -3.49. The summed E-state index contributed by atoms with van der Waals surface area (Å²) < 4.78 is 27.1. The van der Waals surface area contributed by atoms with Crippen molar-refractivity contribution >= 4 is 15.9 Å². The first kappa shape index (κ1) is 20.5. The van der Waals surface area contributed by atoms with E-state index in [-0.39, 0.29) is 11.9 Å². The van der Waals surface area contributed by atoms with E-state index in [2.05, 4.69) is 5.32 Å². The Kier molecular flexibility index (Phi) is 6.49. The van der Waals surface area contributed by atoms with Crippen LogP contribution in [0.1, 0.15) is 18.1 Å². The van der Waals surface area contributed by atoms with Crippen LogP contribution in [0.4, 0.5) is 0 Å². The molecule has 0 spiro atoms. The van der Waals surface area contributed by atoms with Gasteiger partial charge in [-0.15, -0.1) is 0 Å². The van der Waals surface area contributed by atoms with Crippen molar-refractivity contribution in [1.82, 2.24) is 14.5 Å². The first-order valence-electron chi connectivity index (χ1n) is 9.50. The number of amides is 1. The zero-order chi connectivity index (χ0) is 20.1. The number of rotatable bonds is 6. The van der Waals surface area contributed by atoms with Gasteiger partial charge in [0, 0.05) is 32.7 Å². The van der Waals surface area contributed by atoms with Crippen LogP contribution >= 0.6 is 0 Å². The Labute approximate surface area is 167 Å². The molecule has 3 rings (SSSR count). The summed E-state index contributed by atoms with van der Waals surface area (Å²) in [7, 11) is -3.49. The van der Waals surface area contributed by atoms with Gasteiger partial charge in [-0.05, 0) is 31.5 Å². The molecule has 7 heteroatoms. The molecule has 1 heterocycles. The largest absolute Gasteiger partial charge is 0.351 e. The molecule has 150 valence electrons. The fourth-order valence-electron chi connectivity index (χ4n) is 3.29. The molecule has 1 aliphatic rings. The number of sulfonamides is 1. The lowest BCUT2D eigenvalue weighted by Crippen LogP contribution is -2.54. The molecule has 0 saturated carbocycles. The summed E-state index contributed by atoms with van der Waals surface area (Å²) in [4.78, 5) is 14.8. The summed E-state index contributed by atoms with van der Waals surface area (Å²) >= 11 is 0. The van der Waals surface area contributed by atoms with Gasteiger partial charge in [-0.2, -0.15) is 4.31 Å². The van der Waals surface area contributed by atoms with E-state index in [4.69, 9.17) is 0 Å². The summed E-state index contributed by atoms with van der Waals surface area (Å²) in [6, 6.07) is 16.4. The average Bonchev–Trinajstić information content (AvgIpc) is 2.72. The van der Waals surface area contributed by atoms with Crippen molar-refractivity contribution in [3.63, 3.8) is 0 Å². The number of aryl methyl sites for hydroxylation is 1. The van der Waals surface area contributed by atoms with Gasteiger partial charge >= 0.3 is 0 Å². The Morgan fingerprint density at radius 2 is 1.61 bits per heavy atom. The molecular weight excluding hydrogens is 374 g/mol. The van der Waals surface area contributed by atoms with Gasteiger partial charge < -0.3 is 5.32 Å². The van der Waals surface area contributed by atoms with Crippen LogP contribution < -0.4 is 5.32 Å². The topological polar surface area (TPSA) is 69.7 Å². The van der Waals surface area contributed by atoms with Crippen LogP contribution in [-0.4, -0.2) is 55.8 Å². The fraction of sp³-hybridized carbons (Fsp3) is 0.381. The molecule has 0 aromatic heterocycles. The monoisotopic (exact) mass is 401 g/mol. The molecule has 2 aromatic carbocycles. The third-order valence-corrected chi connectivity index (χ3v) is 7.08. The molecule has 6 nitrogen and oxygen atoms in total. The molecule has 1 saturated heterocycles. The Hall–Kier alpha value is -2.22. The molecule has 1 N–H and O–H groups in total. The second kappa shape index (κ2) is 8.86. The summed E-state index contributed by atoms with van der Waals surface area (Å²) in [5, 5.41) is 2.96. The molecular formula is C21H27N3O3S. The number of carbonyl (C=O) groups excluding carboxylic acids is 1. The van der Waals surface area contributed by atoms with E-state index < -0.39 is 10.0 Å². The van der Waals surface area contributed by atoms with Gasteiger partial charge in [-0.3, -0.25) is 9.69 Å². The van der Waals surface area contributed by atoms with Crippen LogP contribution in [0.15, 0.2) is 59.5 Å². The lowest BCUT2D eigenvalue weighted by molar-refractivity contribution is -0.126. The summed E-state index contributed by atoms with van der Waals surface area (Å²) in [5.74, 6) is -0.0429. The second-order valence-corrected chi connectivity index (χ2v) is 9.07. The van der Waals surface area contributed by atoms with Crippen LogP contribution in [0.5, 0.6) is 0 Å². The number of hydrogen-bond donors (Lipinski definition) is 1. The molecule has 28 heavy (non-hydrogen) atoms. The third kappa shape index (κ3) is 4.79. The zero-order valence-corrected chi connectivity index (χ0v) is 17.2. The third-order valence-electron chi connectivity index (χ3n) is 5.17. The van der Waals surface area contributed by atoms with Crippen molar-refractivity contribution in [1.29, 1.82) is 0 Å². The average molecular weight is 402 g/mol. The maximum atomic E-state index is 12.8. The van der Waals surface area contributed by atoms with Gasteiger partial charge in [0.15, 0.2) is 0 Å². The number of piperazine rings is 1. The Morgan fingerprint density at radius 1 is 1.00 bits per heavy atom. The molecule has 0 bridgehead atoms. The van der Waals surface area contributed by atoms with Gasteiger partial charge in [0.1, 0.15) is 0 Å². The van der Waals surface area contributed by atoms with Crippen LogP contribution in [0.2, 0.25) is 0 Å². The minimum Gasteiger partial charge on any atom is -0.351 e. The van der Waals surface area contributed by atoms with Crippen molar-refractivity contribution in [2.24, 2.45) is 0 Å². The zero-order valence-electron chi connectivity index (χ0n) is 16.3. The highest BCUT2D eigenvalue weighted by Crippen LogP contribution is 2.19. The lowest BCUT2D eigenvalue weighted by atomic mass is 10.2. The quantitative estimate of drug-likeness (QED) is 0.804. The Morgan fingerprint density at radius 3 is 2.21 bits per heavy atom. The molecule has 1 aliphatic heterocycles. The molecule has 1 amide bonds. The van der Waals surface area contributed by atoms with Crippen LogP contribution in [0.25, 0.3) is 0 Å². The van der Waals surface area contributed by atoms with E-state index in [1.165, 1.54) is 4.31 Å². The van der Waals surface area contributed by atoms with Gasteiger partial charge in [0.2, 0.25) is 15.9 Å². The van der Waals surface area contributed by atoms with E-state index >= 15 is 0 Å². The summed E-state index contributed by atoms with van der Waals surface area (Å²) in [5.41, 5.74) is 2.08. The van der Waals surface area contributed by atoms with E-state index in [0.717, 1.165) is 11.1 Å². The maximum Gasteiger partial charge on any atom is 0.243 e. The van der Waals surface area contributed by atoms with Crippen molar-refractivity contribution in [3.8, 4) is 0 Å². The molecule has 0 aliphatic carbocycles. The number of hydrogen-bond acceptors (Lipinski definition) is 4. The predicted molar refractivity (Wildman–Crippen MR) is 109 cm³/mol. The van der Waals surface area contributed by atoms with Gasteiger partial charge in [-0.1, -0.05) is 48.0 Å². The normalized spacial score (nSPS) is 17.2. The van der Waals surface area contributed by atoms with Crippen molar-refractivity contribution in [3.05, 3.63) is 65.7 Å². The molecule has 1 atom stereocenters. The Bertz CT molecular complexity index is 890. The molecule has 0 unspecified atom stereocenters. The fourth-order valence-corrected chi connectivity index (χ4v) is 4.71. The van der Waals surface area contributed by atoms with E-state index in [0.29, 0.717) is 37.6 Å². The maximum absolute atomic E-state index is 12.8. The lowest BCUT2D eigenvalue weighted by Gasteiger charge is -2.36. The second-order valence-electron chi connectivity index (χ2n) is 7.13. The predicted octanol–water partition coefficient (Wildman–Crippen LogP) is 2.01. The van der Waals surface area contributed by atoms with Crippen LogP contribution in [-0.2, 0) is 21.4 Å². The van der Waals surface area contributed by atoms with Crippen LogP contribution in [0, 0.1) is 6.92 Å². The summed E-state index contributed by atoms with van der Waals surface area (Å²) in [6.07, 6.45) is 0. The highest BCUT2D eigenvalue weighted by molar-refractivity contribution is 7.89. The molecule has 1 fully saturated rings. The van der Waals surface area contributed by atoms with Crippen molar-refractivity contribution < 1.29 is 13.2 Å². The van der Waals surface area contributed by atoms with E-state index in [1.807, 2.05) is 61.2 Å². The summed E-state index contributed by atoms with van der Waals surface area (Å²) in [6.45, 7) is 6.12. The highest BCUT2D eigenvalue weighted by Gasteiger charge is 2.31. The minimum absolute atomic E-state index is 0.0429. The van der Waals surface area contributed by atoms with Crippen molar-refractivity contribution in [2.75, 3.05) is 26.2 Å².